The van der Waals surface area contributed by atoms with Crippen LogP contribution in [0.3, 0.4) is 0 Å². The van der Waals surface area contributed by atoms with Crippen molar-refractivity contribution < 1.29 is 17.1 Å². The van der Waals surface area contributed by atoms with Gasteiger partial charge in [0.25, 0.3) is 0 Å². The molecule has 0 aliphatic rings. The number of halogens is 1. The third kappa shape index (κ3) is 4.88. The number of aromatic nitrogens is 3. The fraction of sp³-hybridized carbons (Fsp3) is 0.778. The van der Waals surface area contributed by atoms with E-state index in [9.17, 15) is 0 Å². The first-order valence-corrected chi connectivity index (χ1v) is 4.72. The van der Waals surface area contributed by atoms with Crippen LogP contribution in [-0.2, 0) is 13.6 Å². The number of unbranched alkanes of at least 4 members (excludes halogenated alkanes) is 3. The molecule has 76 valence electrons. The maximum Gasteiger partial charge on any atom is 0.155 e. The lowest BCUT2D eigenvalue weighted by molar-refractivity contribution is -0.755. The first kappa shape index (κ1) is 12.4. The van der Waals surface area contributed by atoms with Gasteiger partial charge < -0.3 is 12.4 Å². The minimum absolute atomic E-state index is 0. The van der Waals surface area contributed by atoms with E-state index >= 15 is 0 Å². The second-order valence-electron chi connectivity index (χ2n) is 3.18. The van der Waals surface area contributed by atoms with Gasteiger partial charge in [0.1, 0.15) is 13.6 Å². The van der Waals surface area contributed by atoms with E-state index < -0.39 is 0 Å². The summed E-state index contributed by atoms with van der Waals surface area (Å²) in [7, 11) is 1.95. The smallest absolute Gasteiger partial charge is 0.155 e. The Morgan fingerprint density at radius 1 is 1.31 bits per heavy atom. The Morgan fingerprint density at radius 2 is 2.08 bits per heavy atom. The predicted octanol–water partition coefficient (Wildman–Crippen LogP) is -1.71. The molecule has 1 heterocycles. The molecule has 0 radical (unpaired) electrons. The number of rotatable bonds is 5. The van der Waals surface area contributed by atoms with E-state index in [1.54, 1.807) is 0 Å². The van der Waals surface area contributed by atoms with Crippen molar-refractivity contribution in [1.29, 1.82) is 0 Å². The zero-order chi connectivity index (χ0) is 8.81. The number of hydrogen-bond acceptors (Lipinski definition) is 1. The summed E-state index contributed by atoms with van der Waals surface area (Å²) in [5.74, 6) is 0. The van der Waals surface area contributed by atoms with Crippen LogP contribution in [0.1, 0.15) is 32.6 Å². The maximum absolute atomic E-state index is 4.24. The van der Waals surface area contributed by atoms with Gasteiger partial charge >= 0.3 is 0 Å². The molecule has 0 spiro atoms. The standard InChI is InChI=1S/C9H18N3.ClH/c1-3-4-5-6-7-12-9-8-11(2)10-12;/h8-9H,3-7H2,1-2H3;1H/q+1;/p-1. The van der Waals surface area contributed by atoms with Crippen LogP contribution in [0.25, 0.3) is 0 Å². The molecule has 3 nitrogen and oxygen atoms in total. The van der Waals surface area contributed by atoms with E-state index in [0.717, 1.165) is 6.54 Å². The summed E-state index contributed by atoms with van der Waals surface area (Å²) in [4.78, 5) is 0. The molecule has 1 aromatic rings. The summed E-state index contributed by atoms with van der Waals surface area (Å²) in [6, 6.07) is 0. The highest BCUT2D eigenvalue weighted by molar-refractivity contribution is 4.53. The summed E-state index contributed by atoms with van der Waals surface area (Å²) in [6.45, 7) is 3.29. The maximum atomic E-state index is 4.24. The molecule has 1 rings (SSSR count). The van der Waals surface area contributed by atoms with Gasteiger partial charge in [0.2, 0.25) is 0 Å². The van der Waals surface area contributed by atoms with Crippen LogP contribution in [0, 0.1) is 0 Å². The Labute approximate surface area is 86.1 Å². The van der Waals surface area contributed by atoms with Crippen LogP contribution >= 0.6 is 0 Å². The van der Waals surface area contributed by atoms with E-state index in [4.69, 9.17) is 0 Å². The van der Waals surface area contributed by atoms with Crippen molar-refractivity contribution in [3.05, 3.63) is 12.4 Å². The molecule has 0 saturated carbocycles. The minimum atomic E-state index is 0. The van der Waals surface area contributed by atoms with E-state index in [2.05, 4.69) is 12.1 Å². The molecular formula is C9H18ClN3. The van der Waals surface area contributed by atoms with Crippen LogP contribution in [0.2, 0.25) is 0 Å². The van der Waals surface area contributed by atoms with Gasteiger partial charge in [0.05, 0.1) is 5.21 Å². The van der Waals surface area contributed by atoms with Gasteiger partial charge in [-0.15, -0.1) is 9.36 Å². The lowest BCUT2D eigenvalue weighted by Gasteiger charge is -1.93. The van der Waals surface area contributed by atoms with Crippen molar-refractivity contribution in [3.8, 4) is 0 Å². The summed E-state index contributed by atoms with van der Waals surface area (Å²) < 4.78 is 3.83. The molecule has 0 amide bonds. The van der Waals surface area contributed by atoms with Crippen molar-refractivity contribution >= 4 is 0 Å². The molecule has 0 fully saturated rings. The van der Waals surface area contributed by atoms with Gasteiger partial charge in [0, 0.05) is 0 Å². The topological polar surface area (TPSA) is 21.7 Å². The normalized spacial score (nSPS) is 9.69. The molecule has 0 saturated heterocycles. The number of hydrogen-bond donors (Lipinski definition) is 0. The van der Waals surface area contributed by atoms with Crippen molar-refractivity contribution in [2.75, 3.05) is 0 Å². The molecule has 0 aliphatic carbocycles. The molecule has 0 N–H and O–H groups in total. The molecule has 0 unspecified atom stereocenters. The summed E-state index contributed by atoms with van der Waals surface area (Å²) in [5.41, 5.74) is 0. The van der Waals surface area contributed by atoms with Crippen LogP contribution < -0.4 is 17.1 Å². The lowest BCUT2D eigenvalue weighted by atomic mass is 10.2. The Bertz CT molecular complexity index is 222. The van der Waals surface area contributed by atoms with Gasteiger partial charge in [-0.1, -0.05) is 19.8 Å². The van der Waals surface area contributed by atoms with E-state index in [1.165, 1.54) is 25.7 Å². The van der Waals surface area contributed by atoms with Crippen molar-refractivity contribution in [2.24, 2.45) is 7.05 Å². The highest BCUT2D eigenvalue weighted by Crippen LogP contribution is 1.97. The van der Waals surface area contributed by atoms with Crippen molar-refractivity contribution in [1.82, 2.24) is 9.90 Å². The van der Waals surface area contributed by atoms with E-state index in [0.29, 0.717) is 0 Å². The lowest BCUT2D eigenvalue weighted by Crippen LogP contribution is -3.00. The number of nitrogens with zero attached hydrogens (tertiary/aromatic N) is 3. The fourth-order valence-corrected chi connectivity index (χ4v) is 1.23. The molecule has 13 heavy (non-hydrogen) atoms. The number of aryl methyl sites for hydroxylation is 2. The molecule has 0 bridgehead atoms. The Balaban J connectivity index is 0.00000144. The Kier molecular flexibility index (Phi) is 6.59. The fourth-order valence-electron chi connectivity index (χ4n) is 1.23. The largest absolute Gasteiger partial charge is 1.00 e. The quantitative estimate of drug-likeness (QED) is 0.413. The third-order valence-corrected chi connectivity index (χ3v) is 1.95. The second-order valence-corrected chi connectivity index (χ2v) is 3.18. The van der Waals surface area contributed by atoms with Crippen molar-refractivity contribution in [3.63, 3.8) is 0 Å². The Hall–Kier alpha value is -0.570. The van der Waals surface area contributed by atoms with Crippen molar-refractivity contribution in [2.45, 2.75) is 39.2 Å². The zero-order valence-electron chi connectivity index (χ0n) is 8.41. The summed E-state index contributed by atoms with van der Waals surface area (Å²) >= 11 is 0. The van der Waals surface area contributed by atoms with Crippen LogP contribution in [0.4, 0.5) is 0 Å². The van der Waals surface area contributed by atoms with Gasteiger partial charge in [-0.3, -0.25) is 0 Å². The highest BCUT2D eigenvalue weighted by atomic mass is 35.5. The Morgan fingerprint density at radius 3 is 2.62 bits per heavy atom. The average Bonchev–Trinajstić information content (AvgIpc) is 2.45. The highest BCUT2D eigenvalue weighted by Gasteiger charge is 1.99. The summed E-state index contributed by atoms with van der Waals surface area (Å²) in [5, 5.41) is 4.24. The minimum Gasteiger partial charge on any atom is -1.00 e. The third-order valence-electron chi connectivity index (χ3n) is 1.95. The first-order valence-electron chi connectivity index (χ1n) is 4.72. The van der Waals surface area contributed by atoms with Gasteiger partial charge in [-0.05, 0) is 12.8 Å². The molecule has 0 aliphatic heterocycles. The monoisotopic (exact) mass is 203 g/mol. The van der Waals surface area contributed by atoms with Gasteiger partial charge in [-0.2, -0.15) is 0 Å². The van der Waals surface area contributed by atoms with E-state index in [1.807, 2.05) is 28.8 Å². The molecule has 0 aromatic carbocycles. The van der Waals surface area contributed by atoms with Crippen LogP contribution in [0.15, 0.2) is 12.4 Å². The van der Waals surface area contributed by atoms with E-state index in [-0.39, 0.29) is 12.4 Å². The first-order chi connectivity index (χ1) is 5.83. The van der Waals surface area contributed by atoms with Crippen LogP contribution in [0.5, 0.6) is 0 Å². The summed E-state index contributed by atoms with van der Waals surface area (Å²) in [6.07, 6.45) is 9.20. The van der Waals surface area contributed by atoms with Gasteiger partial charge in [0.15, 0.2) is 12.4 Å². The molecular weight excluding hydrogens is 186 g/mol. The predicted molar refractivity (Wildman–Crippen MR) is 47.5 cm³/mol. The second kappa shape index (κ2) is 6.89. The zero-order valence-corrected chi connectivity index (χ0v) is 9.17. The molecule has 1 aromatic heterocycles. The van der Waals surface area contributed by atoms with Gasteiger partial charge in [-0.25, -0.2) is 0 Å². The average molecular weight is 204 g/mol. The SMILES string of the molecule is CCCCCC[n+]1ccn(C)n1.[Cl-]. The molecule has 4 heteroatoms. The molecule has 0 atom stereocenters. The van der Waals surface area contributed by atoms with Crippen LogP contribution in [-0.4, -0.2) is 9.90 Å².